The number of rotatable bonds is 5. The van der Waals surface area contributed by atoms with Gasteiger partial charge in [-0.1, -0.05) is 15.9 Å². The molecule has 0 aromatic heterocycles. The predicted molar refractivity (Wildman–Crippen MR) is 72.4 cm³/mol. The van der Waals surface area contributed by atoms with Crippen molar-refractivity contribution in [3.05, 3.63) is 33.8 Å². The zero-order valence-electron chi connectivity index (χ0n) is 10.8. The fourth-order valence-electron chi connectivity index (χ4n) is 1.72. The van der Waals surface area contributed by atoms with Crippen LogP contribution in [0.5, 0.6) is 0 Å². The molecule has 0 saturated heterocycles. The molecule has 0 aliphatic rings. The lowest BCUT2D eigenvalue weighted by molar-refractivity contribution is -0.138. The first kappa shape index (κ1) is 17.0. The lowest BCUT2D eigenvalue weighted by Crippen LogP contribution is -2.34. The van der Waals surface area contributed by atoms with E-state index < -0.39 is 23.2 Å². The molecule has 0 bridgehead atoms. The maximum atomic E-state index is 12.9. The van der Waals surface area contributed by atoms with E-state index in [0.29, 0.717) is 12.8 Å². The Balaban J connectivity index is 2.93. The van der Waals surface area contributed by atoms with Crippen LogP contribution in [0.15, 0.2) is 22.7 Å². The van der Waals surface area contributed by atoms with Gasteiger partial charge in [0.05, 0.1) is 11.1 Å². The van der Waals surface area contributed by atoms with Gasteiger partial charge in [0.25, 0.3) is 5.91 Å². The minimum atomic E-state index is -4.59. The minimum absolute atomic E-state index is 0.0215. The van der Waals surface area contributed by atoms with Crippen molar-refractivity contribution in [2.75, 3.05) is 6.61 Å². The normalized spacial score (nSPS) is 13.1. The third-order valence-electron chi connectivity index (χ3n) is 2.70. The van der Waals surface area contributed by atoms with Crippen LogP contribution in [-0.2, 0) is 6.18 Å². The lowest BCUT2D eigenvalue weighted by atomic mass is 10.1. The van der Waals surface area contributed by atoms with E-state index in [-0.39, 0.29) is 17.1 Å². The van der Waals surface area contributed by atoms with Crippen LogP contribution in [0.1, 0.15) is 35.7 Å². The molecule has 0 aliphatic heterocycles. The molecular weight excluding hydrogens is 339 g/mol. The highest BCUT2D eigenvalue weighted by atomic mass is 79.9. The van der Waals surface area contributed by atoms with Gasteiger partial charge in [0.1, 0.15) is 0 Å². The van der Waals surface area contributed by atoms with Gasteiger partial charge in [-0.25, -0.2) is 0 Å². The summed E-state index contributed by atoms with van der Waals surface area (Å²) in [4.78, 5) is 11.9. The van der Waals surface area contributed by atoms with Crippen molar-refractivity contribution in [1.29, 1.82) is 0 Å². The standard InChI is InChI=1S/C13H15BrF3NO2/c1-8(3-2-6-19)18-12(20)10-5-4-9(14)7-11(10)13(15,16)17/h4-5,7-8,19H,2-3,6H2,1H3,(H,18,20). The van der Waals surface area contributed by atoms with E-state index in [1.165, 1.54) is 6.07 Å². The zero-order chi connectivity index (χ0) is 15.3. The van der Waals surface area contributed by atoms with Crippen LogP contribution in [0, 0.1) is 0 Å². The van der Waals surface area contributed by atoms with Crippen molar-refractivity contribution in [1.82, 2.24) is 5.32 Å². The zero-order valence-corrected chi connectivity index (χ0v) is 12.4. The number of hydrogen-bond acceptors (Lipinski definition) is 2. The summed E-state index contributed by atoms with van der Waals surface area (Å²) >= 11 is 2.96. The van der Waals surface area contributed by atoms with Crippen LogP contribution in [-0.4, -0.2) is 23.7 Å². The Kier molecular flexibility index (Phi) is 6.01. The fraction of sp³-hybridized carbons (Fsp3) is 0.462. The van der Waals surface area contributed by atoms with Crippen LogP contribution in [0.3, 0.4) is 0 Å². The van der Waals surface area contributed by atoms with Crippen molar-refractivity contribution in [3.63, 3.8) is 0 Å². The molecule has 112 valence electrons. The summed E-state index contributed by atoms with van der Waals surface area (Å²) in [5, 5.41) is 11.2. The molecule has 0 aliphatic carbocycles. The Bertz CT molecular complexity index is 477. The summed E-state index contributed by atoms with van der Waals surface area (Å²) in [6.07, 6.45) is -3.61. The van der Waals surface area contributed by atoms with Crippen molar-refractivity contribution in [3.8, 4) is 0 Å². The number of aliphatic hydroxyl groups is 1. The molecule has 0 spiro atoms. The number of aliphatic hydroxyl groups excluding tert-OH is 1. The van der Waals surface area contributed by atoms with Gasteiger partial charge < -0.3 is 10.4 Å². The molecule has 1 aromatic carbocycles. The van der Waals surface area contributed by atoms with Gasteiger partial charge in [0.15, 0.2) is 0 Å². The minimum Gasteiger partial charge on any atom is -0.396 e. The molecule has 1 aromatic rings. The van der Waals surface area contributed by atoms with Gasteiger partial charge in [-0.05, 0) is 38.0 Å². The Labute approximate surface area is 123 Å². The number of halogens is 4. The second kappa shape index (κ2) is 7.08. The van der Waals surface area contributed by atoms with Crippen molar-refractivity contribution < 1.29 is 23.1 Å². The summed E-state index contributed by atoms with van der Waals surface area (Å²) < 4.78 is 38.9. The number of alkyl halides is 3. The van der Waals surface area contributed by atoms with Gasteiger partial charge in [0.2, 0.25) is 0 Å². The molecule has 1 rings (SSSR count). The SMILES string of the molecule is CC(CCCO)NC(=O)c1ccc(Br)cc1C(F)(F)F. The maximum Gasteiger partial charge on any atom is 0.417 e. The average molecular weight is 354 g/mol. The summed E-state index contributed by atoms with van der Waals surface area (Å²) in [6, 6.07) is 3.11. The predicted octanol–water partition coefficient (Wildman–Crippen LogP) is 3.36. The second-order valence-electron chi connectivity index (χ2n) is 4.43. The number of benzene rings is 1. The number of nitrogens with one attached hydrogen (secondary N) is 1. The molecule has 0 radical (unpaired) electrons. The second-order valence-corrected chi connectivity index (χ2v) is 5.34. The molecule has 0 saturated carbocycles. The molecule has 20 heavy (non-hydrogen) atoms. The summed E-state index contributed by atoms with van der Waals surface area (Å²) in [6.45, 7) is 1.66. The van der Waals surface area contributed by atoms with Crippen LogP contribution < -0.4 is 5.32 Å². The molecule has 0 heterocycles. The van der Waals surface area contributed by atoms with E-state index in [0.717, 1.165) is 12.1 Å². The molecule has 7 heteroatoms. The van der Waals surface area contributed by atoms with Gasteiger partial charge in [-0.3, -0.25) is 4.79 Å². The first-order valence-corrected chi connectivity index (χ1v) is 6.83. The summed E-state index contributed by atoms with van der Waals surface area (Å²) in [7, 11) is 0. The average Bonchev–Trinajstić information content (AvgIpc) is 2.35. The topological polar surface area (TPSA) is 49.3 Å². The highest BCUT2D eigenvalue weighted by molar-refractivity contribution is 9.10. The van der Waals surface area contributed by atoms with Gasteiger partial charge in [-0.15, -0.1) is 0 Å². The van der Waals surface area contributed by atoms with E-state index in [9.17, 15) is 18.0 Å². The van der Waals surface area contributed by atoms with E-state index in [4.69, 9.17) is 5.11 Å². The molecule has 0 fully saturated rings. The van der Waals surface area contributed by atoms with Crippen LogP contribution in [0.4, 0.5) is 13.2 Å². The number of carbonyl (C=O) groups is 1. The number of carbonyl (C=O) groups excluding carboxylic acids is 1. The highest BCUT2D eigenvalue weighted by Crippen LogP contribution is 2.33. The molecule has 2 N–H and O–H groups in total. The monoisotopic (exact) mass is 353 g/mol. The van der Waals surface area contributed by atoms with E-state index in [1.807, 2.05) is 0 Å². The third-order valence-corrected chi connectivity index (χ3v) is 3.20. The first-order valence-electron chi connectivity index (χ1n) is 6.04. The van der Waals surface area contributed by atoms with Crippen molar-refractivity contribution in [2.45, 2.75) is 32.0 Å². The largest absolute Gasteiger partial charge is 0.417 e. The van der Waals surface area contributed by atoms with E-state index >= 15 is 0 Å². The highest BCUT2D eigenvalue weighted by Gasteiger charge is 2.35. The van der Waals surface area contributed by atoms with Gasteiger partial charge in [0, 0.05) is 17.1 Å². The van der Waals surface area contributed by atoms with Gasteiger partial charge in [-0.2, -0.15) is 13.2 Å². The fourth-order valence-corrected chi connectivity index (χ4v) is 2.08. The quantitative estimate of drug-likeness (QED) is 0.852. The third kappa shape index (κ3) is 4.79. The number of amides is 1. The van der Waals surface area contributed by atoms with E-state index in [2.05, 4.69) is 21.2 Å². The van der Waals surface area contributed by atoms with Crippen LogP contribution in [0.25, 0.3) is 0 Å². The Hall–Kier alpha value is -1.08. The summed E-state index contributed by atoms with van der Waals surface area (Å²) in [5.41, 5.74) is -1.38. The molecular formula is C13H15BrF3NO2. The van der Waals surface area contributed by atoms with Gasteiger partial charge >= 0.3 is 6.18 Å². The van der Waals surface area contributed by atoms with Crippen LogP contribution in [0.2, 0.25) is 0 Å². The maximum absolute atomic E-state index is 12.9. The molecule has 1 unspecified atom stereocenters. The Morgan fingerprint density at radius 1 is 1.45 bits per heavy atom. The Morgan fingerprint density at radius 2 is 2.10 bits per heavy atom. The summed E-state index contributed by atoms with van der Waals surface area (Å²) in [5.74, 6) is -0.768. The van der Waals surface area contributed by atoms with Crippen molar-refractivity contribution in [2.24, 2.45) is 0 Å². The first-order chi connectivity index (χ1) is 9.25. The molecule has 1 atom stereocenters. The smallest absolute Gasteiger partial charge is 0.396 e. The lowest BCUT2D eigenvalue weighted by Gasteiger charge is -2.16. The Morgan fingerprint density at radius 3 is 2.65 bits per heavy atom. The van der Waals surface area contributed by atoms with Crippen molar-refractivity contribution >= 4 is 21.8 Å². The number of hydrogen-bond donors (Lipinski definition) is 2. The van der Waals surface area contributed by atoms with E-state index in [1.54, 1.807) is 6.92 Å². The molecule has 3 nitrogen and oxygen atoms in total. The molecule has 1 amide bonds. The van der Waals surface area contributed by atoms with Crippen LogP contribution >= 0.6 is 15.9 Å².